The molecular weight excluding hydrogens is 362 g/mol. The second kappa shape index (κ2) is 9.11. The Morgan fingerprint density at radius 3 is 2.74 bits per heavy atom. The lowest BCUT2D eigenvalue weighted by Crippen LogP contribution is -2.36. The van der Waals surface area contributed by atoms with E-state index >= 15 is 0 Å². The van der Waals surface area contributed by atoms with Gasteiger partial charge in [0.05, 0.1) is 31.1 Å². The van der Waals surface area contributed by atoms with Gasteiger partial charge in [-0.25, -0.2) is 0 Å². The number of carbonyl (C=O) groups is 1. The quantitative estimate of drug-likeness (QED) is 0.783. The van der Waals surface area contributed by atoms with Gasteiger partial charge in [0.2, 0.25) is 5.91 Å². The third kappa shape index (κ3) is 4.93. The molecule has 0 unspecified atom stereocenters. The number of hydrogen-bond donors (Lipinski definition) is 2. The van der Waals surface area contributed by atoms with Gasteiger partial charge in [-0.2, -0.15) is 0 Å². The van der Waals surface area contributed by atoms with Gasteiger partial charge in [-0.15, -0.1) is 0 Å². The van der Waals surface area contributed by atoms with Crippen LogP contribution in [0.1, 0.15) is 18.1 Å². The molecule has 144 valence electrons. The molecule has 2 aromatic rings. The molecule has 0 aromatic heterocycles. The van der Waals surface area contributed by atoms with Crippen LogP contribution in [-0.4, -0.2) is 38.8 Å². The minimum absolute atomic E-state index is 0.0769. The lowest BCUT2D eigenvalue weighted by atomic mass is 10.1. The number of benzene rings is 2. The summed E-state index contributed by atoms with van der Waals surface area (Å²) in [5.41, 5.74) is 5.02. The summed E-state index contributed by atoms with van der Waals surface area (Å²) in [5.74, 6) is -0.0769. The molecule has 1 saturated heterocycles. The Hall–Kier alpha value is -2.24. The number of rotatable bonds is 6. The van der Waals surface area contributed by atoms with E-state index in [0.29, 0.717) is 18.2 Å². The van der Waals surface area contributed by atoms with Gasteiger partial charge >= 0.3 is 0 Å². The van der Waals surface area contributed by atoms with E-state index in [9.17, 15) is 4.79 Å². The van der Waals surface area contributed by atoms with Crippen molar-refractivity contribution in [3.05, 3.63) is 52.5 Å². The summed E-state index contributed by atoms with van der Waals surface area (Å²) in [4.78, 5) is 14.8. The van der Waals surface area contributed by atoms with Gasteiger partial charge in [0, 0.05) is 23.8 Å². The largest absolute Gasteiger partial charge is 0.378 e. The first kappa shape index (κ1) is 19.5. The first-order chi connectivity index (χ1) is 13.1. The summed E-state index contributed by atoms with van der Waals surface area (Å²) < 4.78 is 5.43. The first-order valence-electron chi connectivity index (χ1n) is 9.33. The number of ether oxygens (including phenoxy) is 1. The third-order valence-corrected chi connectivity index (χ3v) is 4.99. The fraction of sp³-hybridized carbons (Fsp3) is 0.381. The van der Waals surface area contributed by atoms with Crippen LogP contribution in [0.5, 0.6) is 0 Å². The Kier molecular flexibility index (Phi) is 6.58. The highest BCUT2D eigenvalue weighted by atomic mass is 35.5. The Morgan fingerprint density at radius 2 is 2.00 bits per heavy atom. The smallest absolute Gasteiger partial charge is 0.243 e. The Bertz CT molecular complexity index is 804. The van der Waals surface area contributed by atoms with E-state index in [1.54, 1.807) is 0 Å². The molecule has 0 radical (unpaired) electrons. The maximum Gasteiger partial charge on any atom is 0.243 e. The van der Waals surface area contributed by atoms with Crippen LogP contribution in [0.2, 0.25) is 5.02 Å². The van der Waals surface area contributed by atoms with Crippen LogP contribution >= 0.6 is 11.6 Å². The molecule has 0 atom stereocenters. The van der Waals surface area contributed by atoms with Crippen molar-refractivity contribution in [2.24, 2.45) is 0 Å². The van der Waals surface area contributed by atoms with Crippen LogP contribution in [0.25, 0.3) is 0 Å². The molecule has 27 heavy (non-hydrogen) atoms. The number of amides is 1. The number of morpholine rings is 1. The zero-order chi connectivity index (χ0) is 19.2. The summed E-state index contributed by atoms with van der Waals surface area (Å²) >= 11 is 6.18. The number of anilines is 3. The van der Waals surface area contributed by atoms with Crippen LogP contribution in [0.4, 0.5) is 17.1 Å². The van der Waals surface area contributed by atoms with Crippen molar-refractivity contribution in [3.63, 3.8) is 0 Å². The Morgan fingerprint density at radius 1 is 1.22 bits per heavy atom. The van der Waals surface area contributed by atoms with E-state index in [1.807, 2.05) is 43.3 Å². The lowest BCUT2D eigenvalue weighted by Gasteiger charge is -2.30. The monoisotopic (exact) mass is 387 g/mol. The average Bonchev–Trinajstić information content (AvgIpc) is 2.68. The van der Waals surface area contributed by atoms with Gasteiger partial charge < -0.3 is 20.3 Å². The van der Waals surface area contributed by atoms with E-state index in [-0.39, 0.29) is 12.5 Å². The van der Waals surface area contributed by atoms with E-state index in [1.165, 1.54) is 0 Å². The minimum atomic E-state index is -0.0769. The number of aryl methyl sites for hydroxylation is 2. The van der Waals surface area contributed by atoms with Crippen molar-refractivity contribution in [3.8, 4) is 0 Å². The second-order valence-electron chi connectivity index (χ2n) is 6.63. The molecule has 6 heteroatoms. The SMILES string of the molecule is CCc1cccc(C)c1NC(=O)CNc1cc(Cl)ccc1N1CCOCC1. The predicted molar refractivity (Wildman–Crippen MR) is 112 cm³/mol. The second-order valence-corrected chi connectivity index (χ2v) is 7.06. The average molecular weight is 388 g/mol. The van der Waals surface area contributed by atoms with Gasteiger partial charge in [-0.1, -0.05) is 36.7 Å². The number of halogens is 1. The third-order valence-electron chi connectivity index (χ3n) is 4.75. The Labute approximate surface area is 165 Å². The van der Waals surface area contributed by atoms with Gasteiger partial charge in [-0.05, 0) is 42.7 Å². The maximum atomic E-state index is 12.5. The van der Waals surface area contributed by atoms with Crippen molar-refractivity contribution < 1.29 is 9.53 Å². The molecule has 1 aliphatic heterocycles. The summed E-state index contributed by atoms with van der Waals surface area (Å²) in [7, 11) is 0. The summed E-state index contributed by atoms with van der Waals surface area (Å²) in [6.07, 6.45) is 0.875. The minimum Gasteiger partial charge on any atom is -0.378 e. The van der Waals surface area contributed by atoms with Crippen molar-refractivity contribution >= 4 is 34.6 Å². The van der Waals surface area contributed by atoms with E-state index in [0.717, 1.165) is 47.7 Å². The van der Waals surface area contributed by atoms with Crippen molar-refractivity contribution in [1.82, 2.24) is 0 Å². The van der Waals surface area contributed by atoms with Gasteiger partial charge in [-0.3, -0.25) is 4.79 Å². The summed E-state index contributed by atoms with van der Waals surface area (Å²) in [5, 5.41) is 6.94. The van der Waals surface area contributed by atoms with E-state index in [4.69, 9.17) is 16.3 Å². The van der Waals surface area contributed by atoms with Crippen LogP contribution in [0, 0.1) is 6.92 Å². The number of nitrogens with zero attached hydrogens (tertiary/aromatic N) is 1. The van der Waals surface area contributed by atoms with E-state index < -0.39 is 0 Å². The fourth-order valence-electron chi connectivity index (χ4n) is 3.29. The molecule has 1 aliphatic rings. The highest BCUT2D eigenvalue weighted by Crippen LogP contribution is 2.30. The number of nitrogens with one attached hydrogen (secondary N) is 2. The predicted octanol–water partition coefficient (Wildman–Crippen LogP) is 4.10. The molecule has 1 fully saturated rings. The number of para-hydroxylation sites is 1. The molecule has 5 nitrogen and oxygen atoms in total. The molecule has 2 aromatic carbocycles. The fourth-order valence-corrected chi connectivity index (χ4v) is 3.46. The molecule has 1 heterocycles. The molecule has 1 amide bonds. The lowest BCUT2D eigenvalue weighted by molar-refractivity contribution is -0.114. The molecule has 0 saturated carbocycles. The molecule has 0 bridgehead atoms. The Balaban J connectivity index is 1.69. The molecule has 0 aliphatic carbocycles. The number of hydrogen-bond acceptors (Lipinski definition) is 4. The van der Waals surface area contributed by atoms with Crippen molar-refractivity contribution in [2.75, 3.05) is 48.4 Å². The highest BCUT2D eigenvalue weighted by Gasteiger charge is 2.16. The topological polar surface area (TPSA) is 53.6 Å². The maximum absolute atomic E-state index is 12.5. The van der Waals surface area contributed by atoms with Crippen LogP contribution in [-0.2, 0) is 16.0 Å². The summed E-state index contributed by atoms with van der Waals surface area (Å²) in [6, 6.07) is 11.8. The van der Waals surface area contributed by atoms with Crippen LogP contribution < -0.4 is 15.5 Å². The zero-order valence-corrected chi connectivity index (χ0v) is 16.6. The normalized spacial score (nSPS) is 14.1. The molecular formula is C21H26ClN3O2. The van der Waals surface area contributed by atoms with Crippen LogP contribution in [0.3, 0.4) is 0 Å². The molecule has 2 N–H and O–H groups in total. The van der Waals surface area contributed by atoms with Crippen LogP contribution in [0.15, 0.2) is 36.4 Å². The zero-order valence-electron chi connectivity index (χ0n) is 15.8. The van der Waals surface area contributed by atoms with Gasteiger partial charge in [0.15, 0.2) is 0 Å². The molecule has 0 spiro atoms. The highest BCUT2D eigenvalue weighted by molar-refractivity contribution is 6.31. The van der Waals surface area contributed by atoms with Crippen molar-refractivity contribution in [1.29, 1.82) is 0 Å². The number of carbonyl (C=O) groups excluding carboxylic acids is 1. The first-order valence-corrected chi connectivity index (χ1v) is 9.70. The van der Waals surface area contributed by atoms with Gasteiger partial charge in [0.25, 0.3) is 0 Å². The van der Waals surface area contributed by atoms with Crippen molar-refractivity contribution in [2.45, 2.75) is 20.3 Å². The standard InChI is InChI=1S/C21H26ClN3O2/c1-3-16-6-4-5-15(2)21(16)24-20(26)14-23-18-13-17(22)7-8-19(18)25-9-11-27-12-10-25/h4-8,13,23H,3,9-12,14H2,1-2H3,(H,24,26). The molecule has 3 rings (SSSR count). The summed E-state index contributed by atoms with van der Waals surface area (Å²) in [6.45, 7) is 7.33. The van der Waals surface area contributed by atoms with Gasteiger partial charge in [0.1, 0.15) is 0 Å². The van der Waals surface area contributed by atoms with E-state index in [2.05, 4.69) is 22.5 Å².